The van der Waals surface area contributed by atoms with E-state index in [4.69, 9.17) is 0 Å². The summed E-state index contributed by atoms with van der Waals surface area (Å²) in [4.78, 5) is 0. The maximum absolute atomic E-state index is 4.55. The molecule has 2 aromatic heterocycles. The van der Waals surface area contributed by atoms with Gasteiger partial charge < -0.3 is 4.57 Å². The Hall–Kier alpha value is -1.64. The molecule has 1 radical (unpaired) electrons. The molecule has 3 nitrogen and oxygen atoms in total. The summed E-state index contributed by atoms with van der Waals surface area (Å²) in [7, 11) is 4.00. The van der Waals surface area contributed by atoms with Crippen molar-refractivity contribution in [3.63, 3.8) is 0 Å². The summed E-state index contributed by atoms with van der Waals surface area (Å²) in [5.41, 5.74) is 5.51. The summed E-state index contributed by atoms with van der Waals surface area (Å²) >= 11 is 0. The maximum Gasteiger partial charge on any atom is 0.0288 e. The molecule has 0 aliphatic carbocycles. The van der Waals surface area contributed by atoms with Crippen molar-refractivity contribution in [3.8, 4) is 22.5 Å². The number of hydrogen-bond acceptors (Lipinski definition) is 1. The molecule has 3 rings (SSSR count). The first-order valence-corrected chi connectivity index (χ1v) is 6.30. The normalized spacial score (nSPS) is 10.3. The van der Waals surface area contributed by atoms with Gasteiger partial charge in [-0.25, -0.2) is 5.10 Å². The molecule has 4 heteroatoms. The van der Waals surface area contributed by atoms with Gasteiger partial charge >= 0.3 is 0 Å². The van der Waals surface area contributed by atoms with Crippen LogP contribution in [-0.2, 0) is 34.2 Å². The fourth-order valence-electron chi connectivity index (χ4n) is 2.29. The molecular formula is C16H16IrN3-. The van der Waals surface area contributed by atoms with Gasteiger partial charge in [-0.1, -0.05) is 53.9 Å². The van der Waals surface area contributed by atoms with Crippen molar-refractivity contribution in [3.05, 3.63) is 54.4 Å². The van der Waals surface area contributed by atoms with E-state index in [1.165, 1.54) is 5.56 Å². The molecule has 0 amide bonds. The summed E-state index contributed by atoms with van der Waals surface area (Å²) in [6.07, 6.45) is 1.96. The maximum atomic E-state index is 4.55. The largest absolute Gasteiger partial charge is 0.413 e. The number of aromatic nitrogens is 3. The standard InChI is InChI=1S/C16H16N3.Ir/c1-12-11-15(17-19(12)3)14-9-10-18(2)16(14)13-7-5-4-6-8-13;/h4-8,10-11H,1-3H3;/q-1;. The molecule has 0 N–H and O–H groups in total. The molecule has 2 heterocycles. The van der Waals surface area contributed by atoms with Crippen LogP contribution in [-0.4, -0.2) is 14.3 Å². The molecule has 0 saturated carbocycles. The van der Waals surface area contributed by atoms with Crippen LogP contribution < -0.4 is 0 Å². The Morgan fingerprint density at radius 2 is 1.80 bits per heavy atom. The van der Waals surface area contributed by atoms with E-state index < -0.39 is 0 Å². The minimum Gasteiger partial charge on any atom is -0.413 e. The molecule has 105 valence electrons. The zero-order valence-electron chi connectivity index (χ0n) is 11.7. The third kappa shape index (κ3) is 2.49. The number of nitrogens with zero attached hydrogens (tertiary/aromatic N) is 3. The minimum absolute atomic E-state index is 0. The second-order valence-corrected chi connectivity index (χ2v) is 4.77. The molecule has 0 spiro atoms. The molecule has 3 aromatic rings. The van der Waals surface area contributed by atoms with E-state index in [9.17, 15) is 0 Å². The summed E-state index contributed by atoms with van der Waals surface area (Å²) in [5, 5.41) is 4.55. The second kappa shape index (κ2) is 5.78. The molecule has 0 fully saturated rings. The molecule has 0 atom stereocenters. The SMILES string of the molecule is Cc1cc(-c2[c-]cn(C)c2-c2ccccc2)nn1C.[Ir]. The summed E-state index contributed by atoms with van der Waals surface area (Å²) in [5.74, 6) is 0. The van der Waals surface area contributed by atoms with Gasteiger partial charge in [-0.3, -0.25) is 4.68 Å². The Morgan fingerprint density at radius 1 is 1.10 bits per heavy atom. The van der Waals surface area contributed by atoms with E-state index in [1.807, 2.05) is 31.0 Å². The van der Waals surface area contributed by atoms with Crippen molar-refractivity contribution < 1.29 is 20.1 Å². The van der Waals surface area contributed by atoms with Gasteiger partial charge in [0.15, 0.2) is 0 Å². The summed E-state index contributed by atoms with van der Waals surface area (Å²) in [6.45, 7) is 2.06. The molecule has 1 aromatic carbocycles. The first-order chi connectivity index (χ1) is 9.16. The van der Waals surface area contributed by atoms with Crippen LogP contribution in [0.5, 0.6) is 0 Å². The molecule has 20 heavy (non-hydrogen) atoms. The van der Waals surface area contributed by atoms with Crippen molar-refractivity contribution in [1.82, 2.24) is 14.3 Å². The van der Waals surface area contributed by atoms with Gasteiger partial charge in [0.1, 0.15) is 0 Å². The van der Waals surface area contributed by atoms with Gasteiger partial charge in [0.25, 0.3) is 0 Å². The molecular weight excluding hydrogens is 426 g/mol. The van der Waals surface area contributed by atoms with Crippen molar-refractivity contribution in [2.75, 3.05) is 0 Å². The molecule has 0 unspecified atom stereocenters. The Morgan fingerprint density at radius 3 is 2.40 bits per heavy atom. The van der Waals surface area contributed by atoms with Gasteiger partial charge in [0.05, 0.1) is 0 Å². The molecule has 0 bridgehead atoms. The molecule has 0 aliphatic rings. The summed E-state index contributed by atoms with van der Waals surface area (Å²) < 4.78 is 3.99. The third-order valence-corrected chi connectivity index (χ3v) is 3.41. The van der Waals surface area contributed by atoms with Gasteiger partial charge in [0, 0.05) is 32.8 Å². The predicted octanol–water partition coefficient (Wildman–Crippen LogP) is 3.20. The van der Waals surface area contributed by atoms with Crippen LogP contribution in [0.4, 0.5) is 0 Å². The van der Waals surface area contributed by atoms with Crippen LogP contribution in [0.25, 0.3) is 22.5 Å². The number of aryl methyl sites for hydroxylation is 3. The average Bonchev–Trinajstić information content (AvgIpc) is 2.95. The zero-order valence-corrected chi connectivity index (χ0v) is 14.1. The van der Waals surface area contributed by atoms with Crippen molar-refractivity contribution in [2.45, 2.75) is 6.92 Å². The van der Waals surface area contributed by atoms with Gasteiger partial charge in [-0.15, -0.1) is 5.56 Å². The monoisotopic (exact) mass is 443 g/mol. The summed E-state index contributed by atoms with van der Waals surface area (Å²) in [6, 6.07) is 15.8. The zero-order chi connectivity index (χ0) is 13.4. The van der Waals surface area contributed by atoms with Crippen LogP contribution in [0.1, 0.15) is 5.69 Å². The van der Waals surface area contributed by atoms with E-state index in [2.05, 4.69) is 53.0 Å². The van der Waals surface area contributed by atoms with E-state index in [-0.39, 0.29) is 20.1 Å². The second-order valence-electron chi connectivity index (χ2n) is 4.77. The van der Waals surface area contributed by atoms with E-state index in [0.29, 0.717) is 0 Å². The smallest absolute Gasteiger partial charge is 0.0288 e. The van der Waals surface area contributed by atoms with Crippen molar-refractivity contribution in [2.24, 2.45) is 14.1 Å². The van der Waals surface area contributed by atoms with Crippen LogP contribution in [0, 0.1) is 13.0 Å². The molecule has 0 saturated heterocycles. The Labute approximate surface area is 132 Å². The Kier molecular flexibility index (Phi) is 4.26. The fraction of sp³-hybridized carbons (Fsp3) is 0.188. The van der Waals surface area contributed by atoms with Gasteiger partial charge in [-0.2, -0.15) is 6.07 Å². The number of hydrogen-bond donors (Lipinski definition) is 0. The predicted molar refractivity (Wildman–Crippen MR) is 76.6 cm³/mol. The number of benzene rings is 1. The Bertz CT molecular complexity index is 691. The van der Waals surface area contributed by atoms with Crippen LogP contribution in [0.2, 0.25) is 0 Å². The quantitative estimate of drug-likeness (QED) is 0.559. The van der Waals surface area contributed by atoms with E-state index in [0.717, 1.165) is 22.6 Å². The topological polar surface area (TPSA) is 22.8 Å². The third-order valence-electron chi connectivity index (χ3n) is 3.41. The van der Waals surface area contributed by atoms with Crippen molar-refractivity contribution in [1.29, 1.82) is 0 Å². The number of rotatable bonds is 2. The fourth-order valence-corrected chi connectivity index (χ4v) is 2.29. The molecule has 0 aliphatic heterocycles. The van der Waals surface area contributed by atoms with Crippen molar-refractivity contribution >= 4 is 0 Å². The Balaban J connectivity index is 0.00000147. The average molecular weight is 443 g/mol. The van der Waals surface area contributed by atoms with E-state index in [1.54, 1.807) is 0 Å². The minimum atomic E-state index is 0. The first kappa shape index (κ1) is 14.8. The van der Waals surface area contributed by atoms with Crippen LogP contribution in [0.15, 0.2) is 42.6 Å². The first-order valence-electron chi connectivity index (χ1n) is 6.30. The van der Waals surface area contributed by atoms with Crippen LogP contribution >= 0.6 is 0 Å². The van der Waals surface area contributed by atoms with Crippen LogP contribution in [0.3, 0.4) is 0 Å². The van der Waals surface area contributed by atoms with Gasteiger partial charge in [-0.05, 0) is 19.7 Å². The van der Waals surface area contributed by atoms with E-state index >= 15 is 0 Å². The van der Waals surface area contributed by atoms with Gasteiger partial charge in [0.2, 0.25) is 0 Å².